The van der Waals surface area contributed by atoms with Crippen LogP contribution in [0, 0.1) is 0 Å². The van der Waals surface area contributed by atoms with Crippen LogP contribution in [0.15, 0.2) is 54.6 Å². The third-order valence-electron chi connectivity index (χ3n) is 4.33. The van der Waals surface area contributed by atoms with Crippen LogP contribution in [-0.2, 0) is 6.42 Å². The standard InChI is InChI=1S/C19H23N/c1-2-3-13-19-18-12-8-7-9-16(18)14-15-20(19)17-10-5-4-6-11-17/h4-12,19H,2-3,13-15H2,1H3. The van der Waals surface area contributed by atoms with E-state index in [1.807, 2.05) is 0 Å². The maximum atomic E-state index is 2.60. The van der Waals surface area contributed by atoms with E-state index in [2.05, 4.69) is 66.4 Å². The minimum absolute atomic E-state index is 0.544. The largest absolute Gasteiger partial charge is 0.364 e. The highest BCUT2D eigenvalue weighted by Crippen LogP contribution is 2.36. The average Bonchev–Trinajstić information content (AvgIpc) is 2.53. The van der Waals surface area contributed by atoms with Crippen LogP contribution < -0.4 is 4.90 Å². The van der Waals surface area contributed by atoms with E-state index in [9.17, 15) is 0 Å². The molecule has 0 bridgehead atoms. The molecule has 1 aliphatic rings. The summed E-state index contributed by atoms with van der Waals surface area (Å²) in [6.45, 7) is 3.41. The summed E-state index contributed by atoms with van der Waals surface area (Å²) in [5.41, 5.74) is 4.44. The van der Waals surface area contributed by atoms with Crippen molar-refractivity contribution in [3.8, 4) is 0 Å². The van der Waals surface area contributed by atoms with Gasteiger partial charge in [0.25, 0.3) is 0 Å². The van der Waals surface area contributed by atoms with E-state index < -0.39 is 0 Å². The molecule has 0 aromatic heterocycles. The molecule has 3 rings (SSSR count). The average molecular weight is 265 g/mol. The van der Waals surface area contributed by atoms with Crippen LogP contribution in [-0.4, -0.2) is 6.54 Å². The topological polar surface area (TPSA) is 3.24 Å². The number of benzene rings is 2. The van der Waals surface area contributed by atoms with Crippen molar-refractivity contribution in [2.24, 2.45) is 0 Å². The van der Waals surface area contributed by atoms with Crippen molar-refractivity contribution in [3.05, 3.63) is 65.7 Å². The highest BCUT2D eigenvalue weighted by molar-refractivity contribution is 5.52. The highest BCUT2D eigenvalue weighted by atomic mass is 15.2. The minimum Gasteiger partial charge on any atom is -0.364 e. The van der Waals surface area contributed by atoms with Gasteiger partial charge in [-0.25, -0.2) is 0 Å². The number of hydrogen-bond donors (Lipinski definition) is 0. The molecule has 1 heteroatoms. The molecule has 2 aromatic rings. The van der Waals surface area contributed by atoms with Crippen molar-refractivity contribution in [1.29, 1.82) is 0 Å². The van der Waals surface area contributed by atoms with Gasteiger partial charge in [0.15, 0.2) is 0 Å². The molecule has 1 unspecified atom stereocenters. The summed E-state index contributed by atoms with van der Waals surface area (Å²) >= 11 is 0. The van der Waals surface area contributed by atoms with Gasteiger partial charge in [-0.3, -0.25) is 0 Å². The summed E-state index contributed by atoms with van der Waals surface area (Å²) in [6, 6.07) is 20.4. The van der Waals surface area contributed by atoms with Gasteiger partial charge < -0.3 is 4.90 Å². The van der Waals surface area contributed by atoms with Crippen molar-refractivity contribution in [1.82, 2.24) is 0 Å². The maximum Gasteiger partial charge on any atom is 0.0545 e. The van der Waals surface area contributed by atoms with Crippen LogP contribution in [0.2, 0.25) is 0 Å². The lowest BCUT2D eigenvalue weighted by Crippen LogP contribution is -2.35. The fourth-order valence-corrected chi connectivity index (χ4v) is 3.29. The third-order valence-corrected chi connectivity index (χ3v) is 4.33. The summed E-state index contributed by atoms with van der Waals surface area (Å²) in [4.78, 5) is 2.60. The molecule has 0 fully saturated rings. The zero-order chi connectivity index (χ0) is 13.8. The Bertz CT molecular complexity index is 547. The van der Waals surface area contributed by atoms with Gasteiger partial charge in [0.05, 0.1) is 6.04 Å². The summed E-state index contributed by atoms with van der Waals surface area (Å²) in [7, 11) is 0. The Hall–Kier alpha value is -1.76. The highest BCUT2D eigenvalue weighted by Gasteiger charge is 2.26. The first kappa shape index (κ1) is 13.2. The number of para-hydroxylation sites is 1. The van der Waals surface area contributed by atoms with Crippen molar-refractivity contribution in [3.63, 3.8) is 0 Å². The van der Waals surface area contributed by atoms with Crippen molar-refractivity contribution in [2.75, 3.05) is 11.4 Å². The quantitative estimate of drug-likeness (QED) is 0.753. The third kappa shape index (κ3) is 2.58. The molecule has 0 saturated carbocycles. The van der Waals surface area contributed by atoms with E-state index in [0.717, 1.165) is 13.0 Å². The molecule has 1 aliphatic heterocycles. The number of hydrogen-bond acceptors (Lipinski definition) is 1. The SMILES string of the molecule is CCCCC1c2ccccc2CCN1c1ccccc1. The van der Waals surface area contributed by atoms with E-state index >= 15 is 0 Å². The molecule has 0 saturated heterocycles. The number of unbranched alkanes of at least 4 members (excludes halogenated alkanes) is 1. The predicted octanol–water partition coefficient (Wildman–Crippen LogP) is 4.98. The molecule has 0 N–H and O–H groups in total. The van der Waals surface area contributed by atoms with Crippen molar-refractivity contribution >= 4 is 5.69 Å². The molecule has 1 heterocycles. The van der Waals surface area contributed by atoms with Crippen LogP contribution in [0.25, 0.3) is 0 Å². The molecule has 20 heavy (non-hydrogen) atoms. The number of anilines is 1. The summed E-state index contributed by atoms with van der Waals surface area (Å²) in [6.07, 6.45) is 4.97. The first-order valence-electron chi connectivity index (χ1n) is 7.79. The molecule has 0 amide bonds. The molecule has 1 atom stereocenters. The zero-order valence-corrected chi connectivity index (χ0v) is 12.3. The maximum absolute atomic E-state index is 2.60. The Kier molecular flexibility index (Phi) is 4.05. The van der Waals surface area contributed by atoms with Crippen molar-refractivity contribution < 1.29 is 0 Å². The molecule has 0 aliphatic carbocycles. The van der Waals surface area contributed by atoms with Crippen LogP contribution in [0.5, 0.6) is 0 Å². The van der Waals surface area contributed by atoms with Gasteiger partial charge in [-0.2, -0.15) is 0 Å². The van der Waals surface area contributed by atoms with Gasteiger partial charge in [-0.05, 0) is 36.1 Å². The molecule has 1 nitrogen and oxygen atoms in total. The first-order chi connectivity index (χ1) is 9.90. The fraction of sp³-hybridized carbons (Fsp3) is 0.368. The number of rotatable bonds is 4. The Morgan fingerprint density at radius 3 is 2.55 bits per heavy atom. The Morgan fingerprint density at radius 2 is 1.75 bits per heavy atom. The number of nitrogens with zero attached hydrogens (tertiary/aromatic N) is 1. The summed E-state index contributed by atoms with van der Waals surface area (Å²) in [5.74, 6) is 0. The van der Waals surface area contributed by atoms with Crippen LogP contribution in [0.3, 0.4) is 0 Å². The van der Waals surface area contributed by atoms with Crippen LogP contribution >= 0.6 is 0 Å². The van der Waals surface area contributed by atoms with Gasteiger partial charge in [-0.15, -0.1) is 0 Å². The summed E-state index contributed by atoms with van der Waals surface area (Å²) in [5, 5.41) is 0. The van der Waals surface area contributed by atoms with Crippen LogP contribution in [0.4, 0.5) is 5.69 Å². The van der Waals surface area contributed by atoms with E-state index in [0.29, 0.717) is 6.04 Å². The molecular weight excluding hydrogens is 242 g/mol. The zero-order valence-electron chi connectivity index (χ0n) is 12.3. The van der Waals surface area contributed by atoms with Gasteiger partial charge >= 0.3 is 0 Å². The monoisotopic (exact) mass is 265 g/mol. The Balaban J connectivity index is 1.95. The second-order valence-electron chi connectivity index (χ2n) is 5.64. The van der Waals surface area contributed by atoms with Crippen molar-refractivity contribution in [2.45, 2.75) is 38.6 Å². The van der Waals surface area contributed by atoms with Gasteiger partial charge in [0.1, 0.15) is 0 Å². The van der Waals surface area contributed by atoms with E-state index in [1.165, 1.54) is 30.5 Å². The van der Waals surface area contributed by atoms with E-state index in [-0.39, 0.29) is 0 Å². The second-order valence-corrected chi connectivity index (χ2v) is 5.64. The molecule has 104 valence electrons. The van der Waals surface area contributed by atoms with Gasteiger partial charge in [0, 0.05) is 12.2 Å². The van der Waals surface area contributed by atoms with E-state index in [1.54, 1.807) is 5.56 Å². The van der Waals surface area contributed by atoms with Gasteiger partial charge in [0.2, 0.25) is 0 Å². The molecule has 0 radical (unpaired) electrons. The lowest BCUT2D eigenvalue weighted by molar-refractivity contribution is 0.522. The predicted molar refractivity (Wildman–Crippen MR) is 86.2 cm³/mol. The van der Waals surface area contributed by atoms with Crippen LogP contribution in [0.1, 0.15) is 43.4 Å². The van der Waals surface area contributed by atoms with Gasteiger partial charge in [-0.1, -0.05) is 62.2 Å². The molecular formula is C19H23N. The normalized spacial score (nSPS) is 17.9. The minimum atomic E-state index is 0.544. The lowest BCUT2D eigenvalue weighted by atomic mass is 9.89. The Morgan fingerprint density at radius 1 is 1.00 bits per heavy atom. The Labute approximate surface area is 122 Å². The molecule has 0 spiro atoms. The first-order valence-corrected chi connectivity index (χ1v) is 7.79. The van der Waals surface area contributed by atoms with E-state index in [4.69, 9.17) is 0 Å². The second kappa shape index (κ2) is 6.13. The summed E-state index contributed by atoms with van der Waals surface area (Å²) < 4.78 is 0. The number of fused-ring (bicyclic) bond motifs is 1. The molecule has 2 aromatic carbocycles. The lowest BCUT2D eigenvalue weighted by Gasteiger charge is -2.39. The fourth-order valence-electron chi connectivity index (χ4n) is 3.29. The smallest absolute Gasteiger partial charge is 0.0545 e.